The predicted molar refractivity (Wildman–Crippen MR) is 359 cm³/mol. The van der Waals surface area contributed by atoms with E-state index in [1.165, 1.54) is 122 Å². The molecule has 4 heteroatoms. The van der Waals surface area contributed by atoms with Gasteiger partial charge < -0.3 is 14.4 Å². The van der Waals surface area contributed by atoms with Crippen LogP contribution in [-0.2, 0) is 11.8 Å². The van der Waals surface area contributed by atoms with Crippen LogP contribution in [-0.4, -0.2) is 11.3 Å². The average molecular weight is 1080 g/mol. The predicted octanol–water partition coefficient (Wildman–Crippen LogP) is 19.8. The number of anilines is 6. The lowest BCUT2D eigenvalue weighted by molar-refractivity contribution is 0.590. The summed E-state index contributed by atoms with van der Waals surface area (Å²) in [6.07, 6.45) is 3.11. The maximum absolute atomic E-state index is 2.69. The Labute approximate surface area is 494 Å². The first-order valence-corrected chi connectivity index (χ1v) is 29.9. The van der Waals surface area contributed by atoms with Gasteiger partial charge in [0.1, 0.15) is 0 Å². The van der Waals surface area contributed by atoms with Gasteiger partial charge in [0, 0.05) is 56.0 Å². The molecule has 84 heavy (non-hydrogen) atoms. The molecule has 12 aromatic carbocycles. The van der Waals surface area contributed by atoms with E-state index in [0.29, 0.717) is 0 Å². The van der Waals surface area contributed by atoms with E-state index in [1.807, 2.05) is 0 Å². The molecule has 2 aliphatic rings. The SMILES string of the molecule is CCCCc1cc(-c2ccccc2)ccc1N1c2cc(-n3c4ccccc4c4ccccc43)ccc2B2c3cc(-c4ccccc4)ccc3N(c3c(-c4ccccc4)cc(-c4ccccc4)cc3-c3ccccc3)c3cc(C(C)(C)C)cc1c32. The van der Waals surface area contributed by atoms with Crippen molar-refractivity contribution >= 4 is 79.0 Å². The molecule has 0 saturated heterocycles. The van der Waals surface area contributed by atoms with Crippen molar-refractivity contribution in [3.8, 4) is 61.3 Å². The number of aryl methyl sites for hydroxylation is 1. The Morgan fingerprint density at radius 1 is 0.357 bits per heavy atom. The molecule has 0 radical (unpaired) electrons. The first-order valence-electron chi connectivity index (χ1n) is 29.9. The topological polar surface area (TPSA) is 11.4 Å². The molecule has 0 aliphatic carbocycles. The van der Waals surface area contributed by atoms with Gasteiger partial charge in [0.25, 0.3) is 6.71 Å². The van der Waals surface area contributed by atoms with Crippen molar-refractivity contribution in [1.82, 2.24) is 4.57 Å². The minimum absolute atomic E-state index is 0.135. The number of para-hydroxylation sites is 2. The standard InChI is InChI=1S/C80H64BN3/c1-5-6-26-61-47-59(54-27-12-7-13-28-54)41-45-71(61)83-75-53-64(82-72-39-24-22-37-65(72)66-38-23-25-40-73(66)82)43-44-69(75)81-70-50-60(55-29-14-8-15-30-55)42-46-74(70)84(77-52-63(80(2,3)4)51-76(83)78(77)81)79-67(57-33-18-10-19-34-57)48-62(56-31-16-9-17-32-56)49-68(79)58-35-20-11-21-36-58/h7-25,27-53H,5-6,26H2,1-4H3. The third-order valence-electron chi connectivity index (χ3n) is 17.7. The highest BCUT2D eigenvalue weighted by Crippen LogP contribution is 2.53. The van der Waals surface area contributed by atoms with E-state index < -0.39 is 0 Å². The molecule has 0 saturated carbocycles. The number of rotatable bonds is 11. The first-order chi connectivity index (χ1) is 41.3. The van der Waals surface area contributed by atoms with E-state index in [9.17, 15) is 0 Å². The van der Waals surface area contributed by atoms with Gasteiger partial charge in [-0.1, -0.05) is 246 Å². The number of hydrogen-bond donors (Lipinski definition) is 0. The molecule has 2 aliphatic heterocycles. The van der Waals surface area contributed by atoms with Crippen LogP contribution in [0.1, 0.15) is 51.7 Å². The Bertz CT molecular complexity index is 4500. The zero-order chi connectivity index (χ0) is 56.5. The second kappa shape index (κ2) is 20.8. The molecule has 402 valence electrons. The summed E-state index contributed by atoms with van der Waals surface area (Å²) < 4.78 is 2.49. The fourth-order valence-electron chi connectivity index (χ4n) is 13.6. The molecule has 3 nitrogen and oxygen atoms in total. The third-order valence-corrected chi connectivity index (χ3v) is 17.7. The van der Waals surface area contributed by atoms with Crippen LogP contribution < -0.4 is 26.2 Å². The van der Waals surface area contributed by atoms with Crippen LogP contribution in [0, 0.1) is 0 Å². The van der Waals surface area contributed by atoms with Gasteiger partial charge in [-0.3, -0.25) is 0 Å². The Hall–Kier alpha value is -9.90. The Kier molecular flexibility index (Phi) is 12.6. The highest BCUT2D eigenvalue weighted by molar-refractivity contribution is 7.00. The zero-order valence-electron chi connectivity index (χ0n) is 48.1. The van der Waals surface area contributed by atoms with Crippen LogP contribution in [0.5, 0.6) is 0 Å². The van der Waals surface area contributed by atoms with E-state index in [1.54, 1.807) is 0 Å². The molecule has 0 amide bonds. The lowest BCUT2D eigenvalue weighted by atomic mass is 9.33. The first kappa shape index (κ1) is 51.0. The number of aromatic nitrogens is 1. The summed E-state index contributed by atoms with van der Waals surface area (Å²) in [5.74, 6) is 0. The summed E-state index contributed by atoms with van der Waals surface area (Å²) >= 11 is 0. The largest absolute Gasteiger partial charge is 0.311 e. The molecule has 15 rings (SSSR count). The molecule has 0 atom stereocenters. The van der Waals surface area contributed by atoms with Crippen LogP contribution in [0.3, 0.4) is 0 Å². The maximum atomic E-state index is 2.69. The van der Waals surface area contributed by atoms with Crippen molar-refractivity contribution < 1.29 is 0 Å². The van der Waals surface area contributed by atoms with Crippen molar-refractivity contribution in [1.29, 1.82) is 0 Å². The monoisotopic (exact) mass is 1080 g/mol. The van der Waals surface area contributed by atoms with Gasteiger partial charge in [-0.05, 0) is 157 Å². The lowest BCUT2D eigenvalue weighted by Crippen LogP contribution is -2.61. The molecule has 0 bridgehead atoms. The molecule has 0 spiro atoms. The van der Waals surface area contributed by atoms with Gasteiger partial charge in [0.2, 0.25) is 0 Å². The molecular formula is C80H64BN3. The summed E-state index contributed by atoms with van der Waals surface area (Å²) in [5.41, 5.74) is 28.8. The van der Waals surface area contributed by atoms with E-state index in [4.69, 9.17) is 0 Å². The number of fused-ring (bicyclic) bond motifs is 7. The second-order valence-electron chi connectivity index (χ2n) is 23.9. The smallest absolute Gasteiger partial charge is 0.252 e. The van der Waals surface area contributed by atoms with Gasteiger partial charge in [-0.15, -0.1) is 0 Å². The molecule has 0 unspecified atom stereocenters. The van der Waals surface area contributed by atoms with Crippen molar-refractivity contribution in [2.75, 3.05) is 9.80 Å². The number of nitrogens with zero attached hydrogens (tertiary/aromatic N) is 3. The van der Waals surface area contributed by atoms with Gasteiger partial charge in [-0.2, -0.15) is 0 Å². The van der Waals surface area contributed by atoms with E-state index in [-0.39, 0.29) is 12.1 Å². The van der Waals surface area contributed by atoms with Crippen LogP contribution in [0.25, 0.3) is 83.1 Å². The second-order valence-corrected chi connectivity index (χ2v) is 23.9. The third kappa shape index (κ3) is 8.67. The molecule has 3 heterocycles. The van der Waals surface area contributed by atoms with Crippen molar-refractivity contribution in [3.05, 3.63) is 290 Å². The van der Waals surface area contributed by atoms with Crippen molar-refractivity contribution in [2.45, 2.75) is 52.4 Å². The molecule has 1 aromatic heterocycles. The summed E-state index contributed by atoms with van der Waals surface area (Å²) in [7, 11) is 0. The fraction of sp³-hybridized carbons (Fsp3) is 0.100. The lowest BCUT2D eigenvalue weighted by Gasteiger charge is -2.46. The van der Waals surface area contributed by atoms with Gasteiger partial charge in [0.15, 0.2) is 0 Å². The number of benzene rings is 12. The van der Waals surface area contributed by atoms with E-state index >= 15 is 0 Å². The van der Waals surface area contributed by atoms with Gasteiger partial charge in [0.05, 0.1) is 16.7 Å². The summed E-state index contributed by atoms with van der Waals surface area (Å²) in [6.45, 7) is 9.33. The van der Waals surface area contributed by atoms with Crippen LogP contribution >= 0.6 is 0 Å². The van der Waals surface area contributed by atoms with Crippen molar-refractivity contribution in [3.63, 3.8) is 0 Å². The fourth-order valence-corrected chi connectivity index (χ4v) is 13.6. The zero-order valence-corrected chi connectivity index (χ0v) is 48.1. The average Bonchev–Trinajstić information content (AvgIpc) is 0.897. The van der Waals surface area contributed by atoms with Crippen LogP contribution in [0.2, 0.25) is 0 Å². The Morgan fingerprint density at radius 3 is 1.37 bits per heavy atom. The minimum atomic E-state index is -0.231. The van der Waals surface area contributed by atoms with E-state index in [2.05, 4.69) is 321 Å². The van der Waals surface area contributed by atoms with Gasteiger partial charge in [-0.25, -0.2) is 0 Å². The van der Waals surface area contributed by atoms with Crippen molar-refractivity contribution in [2.24, 2.45) is 0 Å². The molecular weight excluding hydrogens is 1010 g/mol. The number of unbranched alkanes of at least 4 members (excludes halogenated alkanes) is 1. The summed E-state index contributed by atoms with van der Waals surface area (Å²) in [5, 5.41) is 2.50. The normalized spacial score (nSPS) is 12.6. The highest BCUT2D eigenvalue weighted by atomic mass is 15.2. The van der Waals surface area contributed by atoms with Gasteiger partial charge >= 0.3 is 0 Å². The van der Waals surface area contributed by atoms with Crippen LogP contribution in [0.4, 0.5) is 34.1 Å². The maximum Gasteiger partial charge on any atom is 0.252 e. The summed E-state index contributed by atoms with van der Waals surface area (Å²) in [6, 6.07) is 105. The van der Waals surface area contributed by atoms with E-state index in [0.717, 1.165) is 41.8 Å². The Morgan fingerprint density at radius 2 is 0.833 bits per heavy atom. The summed E-state index contributed by atoms with van der Waals surface area (Å²) in [4.78, 5) is 5.37. The molecule has 0 N–H and O–H groups in total. The molecule has 13 aromatic rings. The minimum Gasteiger partial charge on any atom is -0.311 e. The number of hydrogen-bond acceptors (Lipinski definition) is 2. The van der Waals surface area contributed by atoms with Crippen LogP contribution in [0.15, 0.2) is 279 Å². The molecule has 0 fully saturated rings. The quantitative estimate of drug-likeness (QED) is 0.120. The highest BCUT2D eigenvalue weighted by Gasteiger charge is 2.46. The Balaban J connectivity index is 1.09.